The Morgan fingerprint density at radius 3 is 2.45 bits per heavy atom. The maximum absolute atomic E-state index is 12.2. The van der Waals surface area contributed by atoms with Crippen molar-refractivity contribution >= 4 is 28.9 Å². The number of nitrogens with two attached hydrogens (primary N) is 1. The monoisotopic (exact) mass is 328 g/mol. The molecular formula is C14H21ClN4O3. The molecule has 1 aromatic rings. The van der Waals surface area contributed by atoms with Crippen LogP contribution < -0.4 is 16.4 Å². The number of halogens is 1. The largest absolute Gasteiger partial charge is 0.383 e. The Labute approximate surface area is 134 Å². The van der Waals surface area contributed by atoms with Crippen LogP contribution in [0, 0.1) is 10.1 Å². The van der Waals surface area contributed by atoms with E-state index in [1.165, 1.54) is 19.2 Å². The molecule has 0 bridgehead atoms. The number of nitro groups is 1. The molecule has 2 rings (SSSR count). The van der Waals surface area contributed by atoms with Gasteiger partial charge < -0.3 is 16.4 Å². The zero-order chi connectivity index (χ0) is 16.7. The third-order valence-corrected chi connectivity index (χ3v) is 3.80. The predicted molar refractivity (Wildman–Crippen MR) is 87.5 cm³/mol. The summed E-state index contributed by atoms with van der Waals surface area (Å²) in [5.74, 6) is -0.354. The summed E-state index contributed by atoms with van der Waals surface area (Å²) in [5, 5.41) is 16.8. The van der Waals surface area contributed by atoms with Crippen LogP contribution in [0.2, 0.25) is 5.02 Å². The van der Waals surface area contributed by atoms with Gasteiger partial charge in [0.15, 0.2) is 0 Å². The molecule has 7 nitrogen and oxygen atoms in total. The van der Waals surface area contributed by atoms with Gasteiger partial charge in [0.05, 0.1) is 15.5 Å². The molecule has 0 unspecified atom stereocenters. The Morgan fingerprint density at radius 2 is 1.95 bits per heavy atom. The van der Waals surface area contributed by atoms with Gasteiger partial charge in [-0.05, 0) is 26.0 Å². The van der Waals surface area contributed by atoms with E-state index in [1.54, 1.807) is 7.05 Å². The highest BCUT2D eigenvalue weighted by molar-refractivity contribution is 6.34. The number of hydrogen-bond donors (Lipinski definition) is 3. The molecule has 122 valence electrons. The average molecular weight is 329 g/mol. The highest BCUT2D eigenvalue weighted by atomic mass is 35.5. The summed E-state index contributed by atoms with van der Waals surface area (Å²) in [5.41, 5.74) is 4.77. The Kier molecular flexibility index (Phi) is 7.07. The van der Waals surface area contributed by atoms with E-state index in [0.29, 0.717) is 0 Å². The van der Waals surface area contributed by atoms with E-state index in [4.69, 9.17) is 11.6 Å². The van der Waals surface area contributed by atoms with E-state index >= 15 is 0 Å². The van der Waals surface area contributed by atoms with Gasteiger partial charge in [-0.25, -0.2) is 0 Å². The van der Waals surface area contributed by atoms with Crippen molar-refractivity contribution in [2.75, 3.05) is 19.4 Å². The van der Waals surface area contributed by atoms with Gasteiger partial charge in [-0.2, -0.15) is 0 Å². The van der Waals surface area contributed by atoms with Crippen LogP contribution in [0.25, 0.3) is 0 Å². The lowest BCUT2D eigenvalue weighted by Gasteiger charge is -2.13. The van der Waals surface area contributed by atoms with Crippen molar-refractivity contribution < 1.29 is 9.72 Å². The summed E-state index contributed by atoms with van der Waals surface area (Å²) < 4.78 is 0. The second-order valence-corrected chi connectivity index (χ2v) is 5.22. The van der Waals surface area contributed by atoms with Crippen LogP contribution in [0.3, 0.4) is 0 Å². The zero-order valence-corrected chi connectivity index (χ0v) is 13.4. The van der Waals surface area contributed by atoms with Gasteiger partial charge in [0.25, 0.3) is 11.6 Å². The van der Waals surface area contributed by atoms with Crippen molar-refractivity contribution in [1.29, 1.82) is 0 Å². The van der Waals surface area contributed by atoms with Gasteiger partial charge >= 0.3 is 0 Å². The van der Waals surface area contributed by atoms with Crippen LogP contribution in [0.1, 0.15) is 36.0 Å². The minimum Gasteiger partial charge on any atom is -0.383 e. The highest BCUT2D eigenvalue weighted by Gasteiger charge is 2.23. The molecule has 0 heterocycles. The number of anilines is 1. The summed E-state index contributed by atoms with van der Waals surface area (Å²) in [4.78, 5) is 22.6. The minimum absolute atomic E-state index is 0.140. The second kappa shape index (κ2) is 8.55. The third-order valence-electron chi connectivity index (χ3n) is 3.49. The SMILES string of the molecule is CN.CNc1cc(Cl)c(C(=O)NC2CCCC2)cc1[N+](=O)[O-]. The molecular weight excluding hydrogens is 308 g/mol. The Bertz CT molecular complexity index is 545. The molecule has 0 aliphatic heterocycles. The quantitative estimate of drug-likeness (QED) is 0.581. The molecule has 0 radical (unpaired) electrons. The van der Waals surface area contributed by atoms with Gasteiger partial charge in [0, 0.05) is 19.2 Å². The smallest absolute Gasteiger partial charge is 0.293 e. The summed E-state index contributed by atoms with van der Waals surface area (Å²) >= 11 is 6.04. The fourth-order valence-electron chi connectivity index (χ4n) is 2.42. The average Bonchev–Trinajstić information content (AvgIpc) is 3.01. The summed E-state index contributed by atoms with van der Waals surface area (Å²) in [7, 11) is 3.07. The first-order chi connectivity index (χ1) is 10.5. The second-order valence-electron chi connectivity index (χ2n) is 4.81. The molecule has 1 fully saturated rings. The van der Waals surface area contributed by atoms with E-state index in [-0.39, 0.29) is 33.9 Å². The van der Waals surface area contributed by atoms with Crippen molar-refractivity contribution in [3.8, 4) is 0 Å². The highest BCUT2D eigenvalue weighted by Crippen LogP contribution is 2.31. The van der Waals surface area contributed by atoms with E-state index in [2.05, 4.69) is 16.4 Å². The molecule has 0 spiro atoms. The number of nitrogens with zero attached hydrogens (tertiary/aromatic N) is 1. The number of carbonyl (C=O) groups excluding carboxylic acids is 1. The predicted octanol–water partition coefficient (Wildman–Crippen LogP) is 2.54. The first-order valence-electron chi connectivity index (χ1n) is 7.07. The molecule has 1 saturated carbocycles. The maximum atomic E-state index is 12.2. The fourth-order valence-corrected chi connectivity index (χ4v) is 2.67. The van der Waals surface area contributed by atoms with Gasteiger partial charge in [-0.1, -0.05) is 24.4 Å². The minimum atomic E-state index is -0.533. The van der Waals surface area contributed by atoms with Crippen LogP contribution in [-0.4, -0.2) is 31.0 Å². The Hall–Kier alpha value is -1.86. The standard InChI is InChI=1S/C13H16ClN3O3.CH5N/c1-15-11-7-10(14)9(6-12(11)17(19)20)13(18)16-8-4-2-3-5-8;1-2/h6-8,15H,2-5H2,1H3,(H,16,18);2H2,1H3. The number of amides is 1. The van der Waals surface area contributed by atoms with Crippen molar-refractivity contribution in [2.24, 2.45) is 5.73 Å². The van der Waals surface area contributed by atoms with Crippen molar-refractivity contribution in [2.45, 2.75) is 31.7 Å². The zero-order valence-electron chi connectivity index (χ0n) is 12.7. The fraction of sp³-hybridized carbons (Fsp3) is 0.500. The van der Waals surface area contributed by atoms with Gasteiger partial charge in [-0.15, -0.1) is 0 Å². The van der Waals surface area contributed by atoms with Crippen LogP contribution in [0.5, 0.6) is 0 Å². The van der Waals surface area contributed by atoms with E-state index < -0.39 is 4.92 Å². The van der Waals surface area contributed by atoms with E-state index in [1.807, 2.05) is 0 Å². The molecule has 0 atom stereocenters. The lowest BCUT2D eigenvalue weighted by Crippen LogP contribution is -2.32. The number of hydrogen-bond acceptors (Lipinski definition) is 5. The summed E-state index contributed by atoms with van der Waals surface area (Å²) in [6.07, 6.45) is 4.08. The number of benzene rings is 1. The maximum Gasteiger partial charge on any atom is 0.293 e. The lowest BCUT2D eigenvalue weighted by molar-refractivity contribution is -0.384. The first-order valence-corrected chi connectivity index (χ1v) is 7.45. The molecule has 4 N–H and O–H groups in total. The van der Waals surface area contributed by atoms with Gasteiger partial charge in [0.2, 0.25) is 0 Å². The molecule has 8 heteroatoms. The molecule has 0 aromatic heterocycles. The van der Waals surface area contributed by atoms with Gasteiger partial charge in [-0.3, -0.25) is 14.9 Å². The molecule has 1 aliphatic carbocycles. The van der Waals surface area contributed by atoms with E-state index in [0.717, 1.165) is 25.7 Å². The van der Waals surface area contributed by atoms with Crippen LogP contribution in [-0.2, 0) is 0 Å². The van der Waals surface area contributed by atoms with Crippen molar-refractivity contribution in [3.63, 3.8) is 0 Å². The number of nitrogens with one attached hydrogen (secondary N) is 2. The molecule has 1 aromatic carbocycles. The van der Waals surface area contributed by atoms with Crippen LogP contribution in [0.4, 0.5) is 11.4 Å². The number of rotatable bonds is 4. The summed E-state index contributed by atoms with van der Waals surface area (Å²) in [6.45, 7) is 0. The third kappa shape index (κ3) is 4.32. The molecule has 1 aliphatic rings. The van der Waals surface area contributed by atoms with Crippen LogP contribution >= 0.6 is 11.6 Å². The van der Waals surface area contributed by atoms with Gasteiger partial charge in [0.1, 0.15) is 5.69 Å². The number of nitro benzene ring substituents is 1. The molecule has 0 saturated heterocycles. The topological polar surface area (TPSA) is 110 Å². The Morgan fingerprint density at radius 1 is 1.36 bits per heavy atom. The van der Waals surface area contributed by atoms with Crippen molar-refractivity contribution in [1.82, 2.24) is 5.32 Å². The Balaban J connectivity index is 0.00000116. The normalized spacial score (nSPS) is 14.0. The van der Waals surface area contributed by atoms with Crippen LogP contribution in [0.15, 0.2) is 12.1 Å². The van der Waals surface area contributed by atoms with Crippen molar-refractivity contribution in [3.05, 3.63) is 32.8 Å². The summed E-state index contributed by atoms with van der Waals surface area (Å²) in [6, 6.07) is 2.77. The number of carbonyl (C=O) groups is 1. The molecule has 22 heavy (non-hydrogen) atoms. The molecule has 1 amide bonds. The van der Waals surface area contributed by atoms with E-state index in [9.17, 15) is 14.9 Å². The first kappa shape index (κ1) is 18.2. The lowest BCUT2D eigenvalue weighted by atomic mass is 10.1.